The zero-order chi connectivity index (χ0) is 10.1. The Kier molecular flexibility index (Phi) is 6.49. The molecule has 2 N–H and O–H groups in total. The van der Waals surface area contributed by atoms with Gasteiger partial charge in [-0.2, -0.15) is 0 Å². The standard InChI is InChI=1S/C8H13NO4/c10-6-2-1-5-9-7(11)3-4-8(12)13/h6H,1-5H2,(H,9,11)(H,12,13). The summed E-state index contributed by atoms with van der Waals surface area (Å²) < 4.78 is 0. The Morgan fingerprint density at radius 2 is 2.00 bits per heavy atom. The van der Waals surface area contributed by atoms with Crippen molar-refractivity contribution in [3.8, 4) is 0 Å². The van der Waals surface area contributed by atoms with E-state index >= 15 is 0 Å². The van der Waals surface area contributed by atoms with Crippen LogP contribution < -0.4 is 5.32 Å². The lowest BCUT2D eigenvalue weighted by Crippen LogP contribution is -2.24. The normalized spacial score (nSPS) is 9.23. The van der Waals surface area contributed by atoms with Gasteiger partial charge in [0, 0.05) is 19.4 Å². The number of carbonyl (C=O) groups is 3. The SMILES string of the molecule is O=CCCCNC(=O)CCC(=O)O. The molecule has 0 aliphatic heterocycles. The summed E-state index contributed by atoms with van der Waals surface area (Å²) in [5, 5.41) is 10.8. The second kappa shape index (κ2) is 7.27. The highest BCUT2D eigenvalue weighted by Crippen LogP contribution is 1.89. The zero-order valence-electron chi connectivity index (χ0n) is 7.28. The van der Waals surface area contributed by atoms with Crippen molar-refractivity contribution in [3.63, 3.8) is 0 Å². The molecule has 0 atom stereocenters. The molecule has 0 unspecified atom stereocenters. The van der Waals surface area contributed by atoms with E-state index in [1.165, 1.54) is 0 Å². The van der Waals surface area contributed by atoms with Gasteiger partial charge in [-0.05, 0) is 6.42 Å². The summed E-state index contributed by atoms with van der Waals surface area (Å²) in [5.74, 6) is -1.27. The lowest BCUT2D eigenvalue weighted by molar-refractivity contribution is -0.138. The lowest BCUT2D eigenvalue weighted by Gasteiger charge is -2.01. The summed E-state index contributed by atoms with van der Waals surface area (Å²) in [6.45, 7) is 0.428. The maximum Gasteiger partial charge on any atom is 0.303 e. The Labute approximate surface area is 76.1 Å². The van der Waals surface area contributed by atoms with Crippen molar-refractivity contribution in [2.45, 2.75) is 25.7 Å². The van der Waals surface area contributed by atoms with Crippen LogP contribution in [0.15, 0.2) is 0 Å². The first-order chi connectivity index (χ1) is 6.16. The van der Waals surface area contributed by atoms with Gasteiger partial charge in [-0.15, -0.1) is 0 Å². The van der Waals surface area contributed by atoms with Gasteiger partial charge in [0.15, 0.2) is 0 Å². The summed E-state index contributed by atoms with van der Waals surface area (Å²) >= 11 is 0. The fourth-order valence-corrected chi connectivity index (χ4v) is 0.722. The molecule has 0 fully saturated rings. The number of aliphatic carboxylic acids is 1. The van der Waals surface area contributed by atoms with Crippen LogP contribution in [0.4, 0.5) is 0 Å². The molecule has 5 heteroatoms. The van der Waals surface area contributed by atoms with Gasteiger partial charge in [-0.1, -0.05) is 0 Å². The van der Waals surface area contributed by atoms with E-state index in [0.29, 0.717) is 19.4 Å². The number of hydrogen-bond acceptors (Lipinski definition) is 3. The molecule has 0 heterocycles. The maximum absolute atomic E-state index is 10.8. The Bertz CT molecular complexity index is 191. The Hall–Kier alpha value is -1.39. The molecule has 13 heavy (non-hydrogen) atoms. The predicted molar refractivity (Wildman–Crippen MR) is 45.2 cm³/mol. The van der Waals surface area contributed by atoms with Gasteiger partial charge < -0.3 is 15.2 Å². The van der Waals surface area contributed by atoms with Crippen LogP contribution in [0, 0.1) is 0 Å². The molecule has 0 saturated carbocycles. The smallest absolute Gasteiger partial charge is 0.303 e. The van der Waals surface area contributed by atoms with E-state index in [0.717, 1.165) is 6.29 Å². The maximum atomic E-state index is 10.8. The van der Waals surface area contributed by atoms with E-state index in [-0.39, 0.29) is 18.7 Å². The van der Waals surface area contributed by atoms with Gasteiger partial charge in [-0.3, -0.25) is 9.59 Å². The summed E-state index contributed by atoms with van der Waals surface area (Å²) in [4.78, 5) is 30.8. The lowest BCUT2D eigenvalue weighted by atomic mass is 10.3. The first-order valence-electron chi connectivity index (χ1n) is 4.09. The fraction of sp³-hybridized carbons (Fsp3) is 0.625. The third-order valence-electron chi connectivity index (χ3n) is 1.39. The van der Waals surface area contributed by atoms with Crippen LogP contribution in [0.2, 0.25) is 0 Å². The van der Waals surface area contributed by atoms with E-state index in [1.54, 1.807) is 0 Å². The summed E-state index contributed by atoms with van der Waals surface area (Å²) in [5.41, 5.74) is 0. The largest absolute Gasteiger partial charge is 0.481 e. The molecule has 0 bridgehead atoms. The number of nitrogens with one attached hydrogen (secondary N) is 1. The Balaban J connectivity index is 3.30. The summed E-state index contributed by atoms with van der Waals surface area (Å²) in [6, 6.07) is 0. The molecule has 0 aliphatic rings. The molecule has 74 valence electrons. The van der Waals surface area contributed by atoms with Crippen molar-refractivity contribution in [1.82, 2.24) is 5.32 Å². The average Bonchev–Trinajstić information content (AvgIpc) is 2.09. The molecular formula is C8H13NO4. The van der Waals surface area contributed by atoms with Crippen LogP contribution in [0.25, 0.3) is 0 Å². The molecule has 1 amide bonds. The van der Waals surface area contributed by atoms with Gasteiger partial charge in [0.1, 0.15) is 6.29 Å². The van der Waals surface area contributed by atoms with Gasteiger partial charge in [-0.25, -0.2) is 0 Å². The van der Waals surface area contributed by atoms with Crippen molar-refractivity contribution < 1.29 is 19.5 Å². The highest BCUT2D eigenvalue weighted by atomic mass is 16.4. The number of hydrogen-bond donors (Lipinski definition) is 2. The van der Waals surface area contributed by atoms with E-state index in [2.05, 4.69) is 5.32 Å². The number of rotatable bonds is 7. The zero-order valence-corrected chi connectivity index (χ0v) is 7.28. The molecule has 5 nitrogen and oxygen atoms in total. The monoisotopic (exact) mass is 187 g/mol. The number of aldehydes is 1. The van der Waals surface area contributed by atoms with Crippen LogP contribution in [0.5, 0.6) is 0 Å². The fourth-order valence-electron chi connectivity index (χ4n) is 0.722. The van der Waals surface area contributed by atoms with Crippen molar-refractivity contribution in [1.29, 1.82) is 0 Å². The van der Waals surface area contributed by atoms with E-state index in [9.17, 15) is 14.4 Å². The summed E-state index contributed by atoms with van der Waals surface area (Å²) in [7, 11) is 0. The molecule has 0 spiro atoms. The third kappa shape index (κ3) is 8.52. The number of amides is 1. The van der Waals surface area contributed by atoms with Crippen LogP contribution in [-0.2, 0) is 14.4 Å². The molecule has 0 aromatic heterocycles. The highest BCUT2D eigenvalue weighted by molar-refractivity contribution is 5.80. The van der Waals surface area contributed by atoms with Crippen molar-refractivity contribution >= 4 is 18.2 Å². The number of carboxylic acids is 1. The van der Waals surface area contributed by atoms with Crippen molar-refractivity contribution in [3.05, 3.63) is 0 Å². The quantitative estimate of drug-likeness (QED) is 0.432. The molecule has 0 aromatic rings. The second-order valence-corrected chi connectivity index (χ2v) is 2.55. The van der Waals surface area contributed by atoms with Crippen LogP contribution >= 0.6 is 0 Å². The second-order valence-electron chi connectivity index (χ2n) is 2.55. The average molecular weight is 187 g/mol. The minimum absolute atomic E-state index is 0.00355. The first-order valence-corrected chi connectivity index (χ1v) is 4.09. The van der Waals surface area contributed by atoms with Gasteiger partial charge >= 0.3 is 5.97 Å². The predicted octanol–water partition coefficient (Wildman–Crippen LogP) is -0.0535. The molecule has 0 saturated heterocycles. The molecule has 0 aromatic carbocycles. The number of carbonyl (C=O) groups excluding carboxylic acids is 2. The molecular weight excluding hydrogens is 174 g/mol. The molecule has 0 radical (unpaired) electrons. The minimum atomic E-state index is -0.983. The minimum Gasteiger partial charge on any atom is -0.481 e. The molecule has 0 rings (SSSR count). The summed E-state index contributed by atoms with van der Waals surface area (Å²) in [6.07, 6.45) is 1.64. The number of unbranched alkanes of at least 4 members (excludes halogenated alkanes) is 1. The van der Waals surface area contributed by atoms with Crippen molar-refractivity contribution in [2.75, 3.05) is 6.54 Å². The van der Waals surface area contributed by atoms with Gasteiger partial charge in [0.2, 0.25) is 5.91 Å². The van der Waals surface area contributed by atoms with Gasteiger partial charge in [0.25, 0.3) is 0 Å². The Morgan fingerprint density at radius 3 is 2.54 bits per heavy atom. The Morgan fingerprint density at radius 1 is 1.31 bits per heavy atom. The van der Waals surface area contributed by atoms with Crippen LogP contribution in [0.1, 0.15) is 25.7 Å². The topological polar surface area (TPSA) is 83.5 Å². The first kappa shape index (κ1) is 11.6. The van der Waals surface area contributed by atoms with Crippen molar-refractivity contribution in [2.24, 2.45) is 0 Å². The molecule has 0 aliphatic carbocycles. The number of carboxylic acid groups (broad SMARTS) is 1. The highest BCUT2D eigenvalue weighted by Gasteiger charge is 2.03. The van der Waals surface area contributed by atoms with Gasteiger partial charge in [0.05, 0.1) is 6.42 Å². The third-order valence-corrected chi connectivity index (χ3v) is 1.39. The van der Waals surface area contributed by atoms with E-state index < -0.39 is 5.97 Å². The van der Waals surface area contributed by atoms with E-state index in [4.69, 9.17) is 5.11 Å². The van der Waals surface area contributed by atoms with E-state index in [1.807, 2.05) is 0 Å². The van der Waals surface area contributed by atoms with Crippen LogP contribution in [0.3, 0.4) is 0 Å². The van der Waals surface area contributed by atoms with Crippen LogP contribution in [-0.4, -0.2) is 29.8 Å².